The molecule has 0 aliphatic rings. The topological polar surface area (TPSA) is 59.4 Å². The Morgan fingerprint density at radius 1 is 1.00 bits per heavy atom. The normalized spacial score (nSPS) is 10.5. The van der Waals surface area contributed by atoms with Gasteiger partial charge in [0.05, 0.1) is 6.42 Å². The van der Waals surface area contributed by atoms with Crippen molar-refractivity contribution in [2.75, 3.05) is 0 Å². The number of carboxylic acid groups (broad SMARTS) is 1. The maximum absolute atomic E-state index is 10.7. The number of rotatable bonds is 5. The number of ether oxygens (including phenoxy) is 1. The van der Waals surface area contributed by atoms with Crippen molar-refractivity contribution in [1.82, 2.24) is 4.98 Å². The average molecular weight is 293 g/mol. The van der Waals surface area contributed by atoms with Crippen molar-refractivity contribution in [3.8, 4) is 11.5 Å². The standard InChI is InChI=1S/C18H15NO3/c20-17(21)12-11-14-10-9-13-5-4-8-16(18(13)19-14)22-15-6-2-1-3-7-15/h1-10H,11-12H2,(H,20,21). The van der Waals surface area contributed by atoms with Crippen molar-refractivity contribution in [3.63, 3.8) is 0 Å². The molecular weight excluding hydrogens is 278 g/mol. The number of carboxylic acids is 1. The van der Waals surface area contributed by atoms with Crippen molar-refractivity contribution >= 4 is 16.9 Å². The van der Waals surface area contributed by atoms with Gasteiger partial charge in [0, 0.05) is 17.5 Å². The van der Waals surface area contributed by atoms with Crippen LogP contribution in [0.25, 0.3) is 10.9 Å². The third kappa shape index (κ3) is 3.23. The predicted molar refractivity (Wildman–Crippen MR) is 84.2 cm³/mol. The first-order valence-corrected chi connectivity index (χ1v) is 7.06. The van der Waals surface area contributed by atoms with Gasteiger partial charge in [0.2, 0.25) is 0 Å². The van der Waals surface area contributed by atoms with Crippen LogP contribution >= 0.6 is 0 Å². The maximum Gasteiger partial charge on any atom is 0.303 e. The van der Waals surface area contributed by atoms with Crippen LogP contribution in [0.4, 0.5) is 0 Å². The molecule has 0 aliphatic heterocycles. The summed E-state index contributed by atoms with van der Waals surface area (Å²) >= 11 is 0. The largest absolute Gasteiger partial charge is 0.481 e. The van der Waals surface area contributed by atoms with Gasteiger partial charge in [0.1, 0.15) is 11.3 Å². The highest BCUT2D eigenvalue weighted by molar-refractivity contribution is 5.85. The van der Waals surface area contributed by atoms with Gasteiger partial charge in [-0.3, -0.25) is 4.79 Å². The SMILES string of the molecule is O=C(O)CCc1ccc2cccc(Oc3ccccc3)c2n1. The molecule has 0 aliphatic carbocycles. The van der Waals surface area contributed by atoms with Crippen LogP contribution in [0.15, 0.2) is 60.7 Å². The predicted octanol–water partition coefficient (Wildman–Crippen LogP) is 4.04. The third-order valence-corrected chi connectivity index (χ3v) is 3.31. The Morgan fingerprint density at radius 3 is 2.59 bits per heavy atom. The van der Waals surface area contributed by atoms with Gasteiger partial charge in [-0.1, -0.05) is 36.4 Å². The molecule has 22 heavy (non-hydrogen) atoms. The smallest absolute Gasteiger partial charge is 0.303 e. The van der Waals surface area contributed by atoms with Crippen LogP contribution < -0.4 is 4.74 Å². The lowest BCUT2D eigenvalue weighted by molar-refractivity contribution is -0.136. The molecular formula is C18H15NO3. The van der Waals surface area contributed by atoms with Crippen molar-refractivity contribution in [2.24, 2.45) is 0 Å². The maximum atomic E-state index is 10.7. The summed E-state index contributed by atoms with van der Waals surface area (Å²) in [6, 6.07) is 19.1. The summed E-state index contributed by atoms with van der Waals surface area (Å²) in [7, 11) is 0. The fourth-order valence-corrected chi connectivity index (χ4v) is 2.23. The lowest BCUT2D eigenvalue weighted by Crippen LogP contribution is -1.99. The molecule has 0 unspecified atom stereocenters. The molecule has 3 aromatic rings. The highest BCUT2D eigenvalue weighted by Gasteiger charge is 2.07. The molecule has 0 amide bonds. The van der Waals surface area contributed by atoms with Gasteiger partial charge in [0.25, 0.3) is 0 Å². The monoisotopic (exact) mass is 293 g/mol. The number of aromatic nitrogens is 1. The van der Waals surface area contributed by atoms with E-state index in [0.717, 1.165) is 22.3 Å². The molecule has 4 heteroatoms. The summed E-state index contributed by atoms with van der Waals surface area (Å²) < 4.78 is 5.89. The van der Waals surface area contributed by atoms with Crippen molar-refractivity contribution in [1.29, 1.82) is 0 Å². The van der Waals surface area contributed by atoms with Crippen LogP contribution in [0.1, 0.15) is 12.1 Å². The van der Waals surface area contributed by atoms with E-state index in [0.29, 0.717) is 12.2 Å². The summed E-state index contributed by atoms with van der Waals surface area (Å²) in [4.78, 5) is 15.2. The van der Waals surface area contributed by atoms with Gasteiger partial charge in [0.15, 0.2) is 5.75 Å². The molecule has 3 rings (SSSR count). The van der Waals surface area contributed by atoms with E-state index >= 15 is 0 Å². The van der Waals surface area contributed by atoms with Gasteiger partial charge in [-0.15, -0.1) is 0 Å². The third-order valence-electron chi connectivity index (χ3n) is 3.31. The second kappa shape index (κ2) is 6.26. The molecule has 0 saturated carbocycles. The minimum Gasteiger partial charge on any atom is -0.481 e. The van der Waals surface area contributed by atoms with E-state index in [1.54, 1.807) is 0 Å². The number of nitrogens with zero attached hydrogens (tertiary/aromatic N) is 1. The van der Waals surface area contributed by atoms with E-state index in [4.69, 9.17) is 9.84 Å². The van der Waals surface area contributed by atoms with E-state index < -0.39 is 5.97 Å². The number of hydrogen-bond donors (Lipinski definition) is 1. The number of aryl methyl sites for hydroxylation is 1. The Morgan fingerprint density at radius 2 is 1.82 bits per heavy atom. The number of aliphatic carboxylic acids is 1. The lowest BCUT2D eigenvalue weighted by Gasteiger charge is -2.09. The fraction of sp³-hybridized carbons (Fsp3) is 0.111. The molecule has 0 fully saturated rings. The highest BCUT2D eigenvalue weighted by atomic mass is 16.5. The number of carbonyl (C=O) groups is 1. The zero-order chi connectivity index (χ0) is 15.4. The zero-order valence-electron chi connectivity index (χ0n) is 11.9. The Labute approximate surface area is 128 Å². The van der Waals surface area contributed by atoms with Crippen molar-refractivity contribution in [2.45, 2.75) is 12.8 Å². The minimum absolute atomic E-state index is 0.0697. The van der Waals surface area contributed by atoms with Crippen LogP contribution in [-0.2, 0) is 11.2 Å². The van der Waals surface area contributed by atoms with Gasteiger partial charge in [-0.2, -0.15) is 0 Å². The minimum atomic E-state index is -0.823. The van der Waals surface area contributed by atoms with Crippen LogP contribution in [0.2, 0.25) is 0 Å². The Kier molecular flexibility index (Phi) is 4.01. The first-order valence-electron chi connectivity index (χ1n) is 7.06. The molecule has 110 valence electrons. The first kappa shape index (κ1) is 14.1. The number of hydrogen-bond acceptors (Lipinski definition) is 3. The van der Waals surface area contributed by atoms with Crippen molar-refractivity contribution < 1.29 is 14.6 Å². The Balaban J connectivity index is 1.95. The van der Waals surface area contributed by atoms with Crippen LogP contribution in [0.5, 0.6) is 11.5 Å². The summed E-state index contributed by atoms with van der Waals surface area (Å²) in [6.45, 7) is 0. The molecule has 0 radical (unpaired) electrons. The second-order valence-corrected chi connectivity index (χ2v) is 4.94. The Bertz CT molecular complexity index is 800. The van der Waals surface area contributed by atoms with E-state index in [2.05, 4.69) is 4.98 Å². The number of fused-ring (bicyclic) bond motifs is 1. The number of para-hydroxylation sites is 2. The van der Waals surface area contributed by atoms with E-state index in [1.807, 2.05) is 60.7 Å². The molecule has 0 atom stereocenters. The summed E-state index contributed by atoms with van der Waals surface area (Å²) in [5, 5.41) is 9.75. The van der Waals surface area contributed by atoms with Gasteiger partial charge in [-0.05, 0) is 24.3 Å². The first-order chi connectivity index (χ1) is 10.7. The summed E-state index contributed by atoms with van der Waals surface area (Å²) in [5.74, 6) is 0.587. The quantitative estimate of drug-likeness (QED) is 0.771. The van der Waals surface area contributed by atoms with Crippen LogP contribution in [0, 0.1) is 0 Å². The molecule has 0 spiro atoms. The summed E-state index contributed by atoms with van der Waals surface area (Å²) in [5.41, 5.74) is 1.49. The molecule has 1 N–H and O–H groups in total. The van der Waals surface area contributed by atoms with Crippen LogP contribution in [0.3, 0.4) is 0 Å². The van der Waals surface area contributed by atoms with Gasteiger partial charge in [-0.25, -0.2) is 4.98 Å². The number of benzene rings is 2. The molecule has 4 nitrogen and oxygen atoms in total. The van der Waals surface area contributed by atoms with Crippen molar-refractivity contribution in [3.05, 3.63) is 66.4 Å². The lowest BCUT2D eigenvalue weighted by atomic mass is 10.1. The molecule has 1 aromatic heterocycles. The number of pyridine rings is 1. The van der Waals surface area contributed by atoms with Gasteiger partial charge < -0.3 is 9.84 Å². The average Bonchev–Trinajstić information content (AvgIpc) is 2.54. The molecule has 2 aromatic carbocycles. The highest BCUT2D eigenvalue weighted by Crippen LogP contribution is 2.28. The van der Waals surface area contributed by atoms with Gasteiger partial charge >= 0.3 is 5.97 Å². The van der Waals surface area contributed by atoms with E-state index in [1.165, 1.54) is 0 Å². The van der Waals surface area contributed by atoms with Crippen LogP contribution in [-0.4, -0.2) is 16.1 Å². The molecule has 0 saturated heterocycles. The van der Waals surface area contributed by atoms with E-state index in [9.17, 15) is 4.79 Å². The Hall–Kier alpha value is -2.88. The van der Waals surface area contributed by atoms with E-state index in [-0.39, 0.29) is 6.42 Å². The zero-order valence-corrected chi connectivity index (χ0v) is 11.9. The molecule has 0 bridgehead atoms. The second-order valence-electron chi connectivity index (χ2n) is 4.94. The fourth-order valence-electron chi connectivity index (χ4n) is 2.23. The summed E-state index contributed by atoms with van der Waals surface area (Å²) in [6.07, 6.45) is 0.477. The molecule has 1 heterocycles.